The molecule has 2 aliphatic carbocycles. The van der Waals surface area contributed by atoms with E-state index >= 15 is 0 Å². The van der Waals surface area contributed by atoms with Gasteiger partial charge in [-0.1, -0.05) is 27.7 Å². The van der Waals surface area contributed by atoms with Gasteiger partial charge in [-0.15, -0.1) is 0 Å². The molecule has 0 aromatic rings. The molecule has 0 bridgehead atoms. The van der Waals surface area contributed by atoms with Gasteiger partial charge in [-0.2, -0.15) is 0 Å². The highest BCUT2D eigenvalue weighted by molar-refractivity contribution is 4.91. The number of rotatable bonds is 8. The van der Waals surface area contributed by atoms with E-state index in [-0.39, 0.29) is 0 Å². The Morgan fingerprint density at radius 1 is 1.15 bits per heavy atom. The lowest BCUT2D eigenvalue weighted by Gasteiger charge is -2.39. The third kappa shape index (κ3) is 5.04. The van der Waals surface area contributed by atoms with Crippen molar-refractivity contribution >= 4 is 0 Å². The van der Waals surface area contributed by atoms with Gasteiger partial charge in [0.05, 0.1) is 0 Å². The molecule has 2 nitrogen and oxygen atoms in total. The number of nitrogens with one attached hydrogen (secondary N) is 1. The normalized spacial score (nSPS) is 31.2. The van der Waals surface area contributed by atoms with Crippen LogP contribution in [-0.2, 0) is 0 Å². The third-order valence-electron chi connectivity index (χ3n) is 5.03. The molecule has 0 aromatic carbocycles. The van der Waals surface area contributed by atoms with Crippen LogP contribution < -0.4 is 5.32 Å². The van der Waals surface area contributed by atoms with Crippen LogP contribution in [0.1, 0.15) is 66.2 Å². The summed E-state index contributed by atoms with van der Waals surface area (Å²) in [6.45, 7) is 13.3. The summed E-state index contributed by atoms with van der Waals surface area (Å²) in [7, 11) is 0. The average Bonchev–Trinajstić information content (AvgIpc) is 3.21. The second kappa shape index (κ2) is 7.79. The van der Waals surface area contributed by atoms with E-state index in [1.165, 1.54) is 58.2 Å². The van der Waals surface area contributed by atoms with E-state index in [9.17, 15) is 0 Å². The Balaban J connectivity index is 1.90. The minimum Gasteiger partial charge on any atom is -0.314 e. The van der Waals surface area contributed by atoms with Crippen LogP contribution in [0.5, 0.6) is 0 Å². The standard InChI is InChI=1S/C18H36N2/c1-5-10-19-18-9-6-15(4)11-16(18)13-20(12-14(2)3)17-7-8-17/h14-19H,5-13H2,1-4H3. The highest BCUT2D eigenvalue weighted by Gasteiger charge is 2.35. The van der Waals surface area contributed by atoms with E-state index in [1.807, 2.05) is 0 Å². The second-order valence-corrected chi connectivity index (χ2v) is 7.82. The predicted octanol–water partition coefficient (Wildman–Crippen LogP) is 3.91. The van der Waals surface area contributed by atoms with Crippen LogP contribution in [0.3, 0.4) is 0 Å². The fourth-order valence-corrected chi connectivity index (χ4v) is 3.88. The first-order valence-corrected chi connectivity index (χ1v) is 9.07. The maximum Gasteiger partial charge on any atom is 0.0108 e. The molecular weight excluding hydrogens is 244 g/mol. The van der Waals surface area contributed by atoms with Gasteiger partial charge in [0.1, 0.15) is 0 Å². The van der Waals surface area contributed by atoms with E-state index in [0.29, 0.717) is 0 Å². The fourth-order valence-electron chi connectivity index (χ4n) is 3.88. The Bertz CT molecular complexity index is 271. The summed E-state index contributed by atoms with van der Waals surface area (Å²) in [5.41, 5.74) is 0. The summed E-state index contributed by atoms with van der Waals surface area (Å²) in [5, 5.41) is 3.83. The van der Waals surface area contributed by atoms with Crippen LogP contribution in [-0.4, -0.2) is 36.6 Å². The molecule has 0 amide bonds. The monoisotopic (exact) mass is 280 g/mol. The Kier molecular flexibility index (Phi) is 6.35. The summed E-state index contributed by atoms with van der Waals surface area (Å²) >= 11 is 0. The largest absolute Gasteiger partial charge is 0.314 e. The van der Waals surface area contributed by atoms with Crippen LogP contribution in [0.15, 0.2) is 0 Å². The third-order valence-corrected chi connectivity index (χ3v) is 5.03. The van der Waals surface area contributed by atoms with Gasteiger partial charge in [0.2, 0.25) is 0 Å². The number of nitrogens with zero attached hydrogens (tertiary/aromatic N) is 1. The summed E-state index contributed by atoms with van der Waals surface area (Å²) in [5.74, 6) is 2.61. The quantitative estimate of drug-likeness (QED) is 0.725. The maximum absolute atomic E-state index is 3.83. The molecule has 2 aliphatic rings. The Morgan fingerprint density at radius 3 is 2.50 bits per heavy atom. The highest BCUT2D eigenvalue weighted by atomic mass is 15.2. The Hall–Kier alpha value is -0.0800. The van der Waals surface area contributed by atoms with Crippen LogP contribution in [0, 0.1) is 17.8 Å². The van der Waals surface area contributed by atoms with Crippen molar-refractivity contribution in [1.29, 1.82) is 0 Å². The zero-order valence-corrected chi connectivity index (χ0v) is 14.2. The van der Waals surface area contributed by atoms with E-state index < -0.39 is 0 Å². The molecule has 2 saturated carbocycles. The lowest BCUT2D eigenvalue weighted by Crippen LogP contribution is -2.47. The first kappa shape index (κ1) is 16.3. The second-order valence-electron chi connectivity index (χ2n) is 7.82. The molecule has 0 saturated heterocycles. The number of hydrogen-bond donors (Lipinski definition) is 1. The van der Waals surface area contributed by atoms with Gasteiger partial charge >= 0.3 is 0 Å². The molecule has 0 spiro atoms. The minimum absolute atomic E-state index is 0.777. The Morgan fingerprint density at radius 2 is 1.90 bits per heavy atom. The smallest absolute Gasteiger partial charge is 0.0108 e. The SMILES string of the molecule is CCCNC1CCC(C)CC1CN(CC(C)C)C1CC1. The first-order valence-electron chi connectivity index (χ1n) is 9.07. The molecule has 2 fully saturated rings. The zero-order valence-electron chi connectivity index (χ0n) is 14.2. The van der Waals surface area contributed by atoms with Crippen molar-refractivity contribution in [1.82, 2.24) is 10.2 Å². The molecule has 118 valence electrons. The van der Waals surface area contributed by atoms with Gasteiger partial charge in [-0.25, -0.2) is 0 Å². The van der Waals surface area contributed by atoms with Crippen LogP contribution >= 0.6 is 0 Å². The molecule has 0 aromatic heterocycles. The molecule has 0 aliphatic heterocycles. The van der Waals surface area contributed by atoms with Gasteiger partial charge in [-0.05, 0) is 62.8 Å². The minimum atomic E-state index is 0.777. The Labute approximate surface area is 126 Å². The van der Waals surface area contributed by atoms with Gasteiger partial charge < -0.3 is 5.32 Å². The van der Waals surface area contributed by atoms with Crippen molar-refractivity contribution in [2.45, 2.75) is 78.3 Å². The van der Waals surface area contributed by atoms with E-state index in [0.717, 1.165) is 29.8 Å². The molecule has 3 atom stereocenters. The van der Waals surface area contributed by atoms with Crippen molar-refractivity contribution in [3.63, 3.8) is 0 Å². The lowest BCUT2D eigenvalue weighted by atomic mass is 9.78. The molecule has 0 radical (unpaired) electrons. The van der Waals surface area contributed by atoms with Crippen molar-refractivity contribution in [3.05, 3.63) is 0 Å². The summed E-state index contributed by atoms with van der Waals surface area (Å²) < 4.78 is 0. The first-order chi connectivity index (χ1) is 9.60. The van der Waals surface area contributed by atoms with Gasteiger partial charge in [0, 0.05) is 25.2 Å². The summed E-state index contributed by atoms with van der Waals surface area (Å²) in [6.07, 6.45) is 8.40. The van der Waals surface area contributed by atoms with Gasteiger partial charge in [-0.3, -0.25) is 4.90 Å². The predicted molar refractivity (Wildman–Crippen MR) is 88.0 cm³/mol. The van der Waals surface area contributed by atoms with E-state index in [1.54, 1.807) is 0 Å². The molecule has 3 unspecified atom stereocenters. The van der Waals surface area contributed by atoms with Crippen molar-refractivity contribution in [2.75, 3.05) is 19.6 Å². The van der Waals surface area contributed by atoms with Crippen LogP contribution in [0.25, 0.3) is 0 Å². The summed E-state index contributed by atoms with van der Waals surface area (Å²) in [4.78, 5) is 2.81. The number of hydrogen-bond acceptors (Lipinski definition) is 2. The average molecular weight is 281 g/mol. The molecule has 2 heteroatoms. The lowest BCUT2D eigenvalue weighted by molar-refractivity contribution is 0.130. The molecule has 1 N–H and O–H groups in total. The van der Waals surface area contributed by atoms with Gasteiger partial charge in [0.25, 0.3) is 0 Å². The van der Waals surface area contributed by atoms with Crippen molar-refractivity contribution < 1.29 is 0 Å². The van der Waals surface area contributed by atoms with Crippen molar-refractivity contribution in [3.8, 4) is 0 Å². The fraction of sp³-hybridized carbons (Fsp3) is 1.00. The maximum atomic E-state index is 3.83. The van der Waals surface area contributed by atoms with Crippen molar-refractivity contribution in [2.24, 2.45) is 17.8 Å². The van der Waals surface area contributed by atoms with Crippen LogP contribution in [0.2, 0.25) is 0 Å². The van der Waals surface area contributed by atoms with E-state index in [2.05, 4.69) is 37.9 Å². The molecule has 0 heterocycles. The molecular formula is C18H36N2. The molecule has 20 heavy (non-hydrogen) atoms. The zero-order chi connectivity index (χ0) is 14.5. The highest BCUT2D eigenvalue weighted by Crippen LogP contribution is 2.34. The summed E-state index contributed by atoms with van der Waals surface area (Å²) in [6, 6.07) is 1.70. The topological polar surface area (TPSA) is 15.3 Å². The van der Waals surface area contributed by atoms with E-state index in [4.69, 9.17) is 0 Å². The van der Waals surface area contributed by atoms with Crippen LogP contribution in [0.4, 0.5) is 0 Å². The van der Waals surface area contributed by atoms with Gasteiger partial charge in [0.15, 0.2) is 0 Å². The molecule has 2 rings (SSSR count).